The quantitative estimate of drug-likeness (QED) is 0.798. The third-order valence-corrected chi connectivity index (χ3v) is 2.74. The summed E-state index contributed by atoms with van der Waals surface area (Å²) in [5.74, 6) is 0.974. The molecule has 0 spiro atoms. The molecule has 0 aliphatic rings. The van der Waals surface area contributed by atoms with Crippen LogP contribution in [-0.2, 0) is 6.54 Å². The molecule has 0 aromatic heterocycles. The van der Waals surface area contributed by atoms with E-state index < -0.39 is 0 Å². The van der Waals surface area contributed by atoms with Crippen molar-refractivity contribution < 1.29 is 4.74 Å². The van der Waals surface area contributed by atoms with Gasteiger partial charge in [0.15, 0.2) is 0 Å². The lowest BCUT2D eigenvalue weighted by Crippen LogP contribution is -2.35. The molecule has 0 saturated heterocycles. The average molecular weight is 247 g/mol. The highest BCUT2D eigenvalue weighted by Crippen LogP contribution is 2.25. The molecule has 0 fully saturated rings. The Morgan fingerprint density at radius 1 is 1.39 bits per heavy atom. The first-order chi connectivity index (χ1) is 8.33. The van der Waals surface area contributed by atoms with Gasteiger partial charge in [-0.3, -0.25) is 0 Å². The van der Waals surface area contributed by atoms with E-state index in [0.717, 1.165) is 17.9 Å². The van der Waals surface area contributed by atoms with Crippen LogP contribution < -0.4 is 10.1 Å². The van der Waals surface area contributed by atoms with Crippen molar-refractivity contribution in [3.05, 3.63) is 42.0 Å². The summed E-state index contributed by atoms with van der Waals surface area (Å²) >= 11 is 0. The van der Waals surface area contributed by atoms with Gasteiger partial charge in [-0.25, -0.2) is 0 Å². The Kier molecular flexibility index (Phi) is 4.97. The second kappa shape index (κ2) is 6.05. The van der Waals surface area contributed by atoms with Crippen LogP contribution in [0.15, 0.2) is 30.9 Å². The highest BCUT2D eigenvalue weighted by molar-refractivity contribution is 5.41. The summed E-state index contributed by atoms with van der Waals surface area (Å²) in [6.45, 7) is 15.1. The van der Waals surface area contributed by atoms with E-state index in [9.17, 15) is 0 Å². The molecule has 1 rings (SSSR count). The minimum atomic E-state index is 0.0273. The van der Waals surface area contributed by atoms with Gasteiger partial charge in [0.2, 0.25) is 0 Å². The minimum Gasteiger partial charge on any atom is -0.486 e. The van der Waals surface area contributed by atoms with Gasteiger partial charge < -0.3 is 10.1 Å². The fourth-order valence-electron chi connectivity index (χ4n) is 1.62. The Morgan fingerprint density at radius 3 is 2.61 bits per heavy atom. The van der Waals surface area contributed by atoms with E-state index in [-0.39, 0.29) is 11.6 Å². The number of hydrogen-bond donors (Lipinski definition) is 1. The van der Waals surface area contributed by atoms with Crippen molar-refractivity contribution in [2.75, 3.05) is 0 Å². The standard InChI is InChI=1S/C16H25NO/c1-7-13(3)18-15-12(2)9-8-10-14(15)11-17-16(4,5)6/h7-10,13,17H,1,11H2,2-6H3. The van der Waals surface area contributed by atoms with Gasteiger partial charge in [-0.2, -0.15) is 0 Å². The van der Waals surface area contributed by atoms with Crippen molar-refractivity contribution in [1.29, 1.82) is 0 Å². The third-order valence-electron chi connectivity index (χ3n) is 2.74. The molecule has 0 aliphatic carbocycles. The summed E-state index contributed by atoms with van der Waals surface area (Å²) in [5.41, 5.74) is 2.46. The van der Waals surface area contributed by atoms with Gasteiger partial charge >= 0.3 is 0 Å². The zero-order valence-electron chi connectivity index (χ0n) is 12.2. The lowest BCUT2D eigenvalue weighted by atomic mass is 10.1. The van der Waals surface area contributed by atoms with Gasteiger partial charge in [-0.05, 0) is 40.2 Å². The van der Waals surface area contributed by atoms with Crippen LogP contribution in [0.4, 0.5) is 0 Å². The van der Waals surface area contributed by atoms with E-state index in [0.29, 0.717) is 0 Å². The maximum Gasteiger partial charge on any atom is 0.127 e. The summed E-state index contributed by atoms with van der Waals surface area (Å²) in [6.07, 6.45) is 1.84. The molecule has 0 amide bonds. The first-order valence-electron chi connectivity index (χ1n) is 6.46. The molecule has 2 nitrogen and oxygen atoms in total. The molecule has 18 heavy (non-hydrogen) atoms. The number of benzene rings is 1. The largest absolute Gasteiger partial charge is 0.486 e. The summed E-state index contributed by atoms with van der Waals surface area (Å²) in [4.78, 5) is 0. The van der Waals surface area contributed by atoms with Gasteiger partial charge in [0.25, 0.3) is 0 Å². The van der Waals surface area contributed by atoms with E-state index in [1.165, 1.54) is 5.56 Å². The molecule has 0 heterocycles. The fourth-order valence-corrected chi connectivity index (χ4v) is 1.62. The Bertz CT molecular complexity index is 404. The van der Waals surface area contributed by atoms with Crippen LogP contribution in [0.5, 0.6) is 5.75 Å². The van der Waals surface area contributed by atoms with Gasteiger partial charge in [-0.15, -0.1) is 0 Å². The monoisotopic (exact) mass is 247 g/mol. The van der Waals surface area contributed by atoms with E-state index >= 15 is 0 Å². The lowest BCUT2D eigenvalue weighted by molar-refractivity contribution is 0.264. The normalized spacial score (nSPS) is 13.2. The molecule has 0 bridgehead atoms. The topological polar surface area (TPSA) is 21.3 Å². The minimum absolute atomic E-state index is 0.0273. The number of rotatable bonds is 5. The Balaban J connectivity index is 2.89. The fraction of sp³-hybridized carbons (Fsp3) is 0.500. The van der Waals surface area contributed by atoms with Crippen LogP contribution in [0.3, 0.4) is 0 Å². The van der Waals surface area contributed by atoms with Crippen molar-refractivity contribution in [2.45, 2.75) is 52.8 Å². The number of ether oxygens (including phenoxy) is 1. The second-order valence-corrected chi connectivity index (χ2v) is 5.73. The Hall–Kier alpha value is -1.28. The summed E-state index contributed by atoms with van der Waals surface area (Å²) in [7, 11) is 0. The summed E-state index contributed by atoms with van der Waals surface area (Å²) in [6, 6.07) is 6.25. The molecule has 1 aromatic carbocycles. The van der Waals surface area contributed by atoms with Gasteiger partial charge in [0, 0.05) is 17.6 Å². The smallest absolute Gasteiger partial charge is 0.127 e. The van der Waals surface area contributed by atoms with Crippen molar-refractivity contribution >= 4 is 0 Å². The van der Waals surface area contributed by atoms with Gasteiger partial charge in [0.05, 0.1) is 0 Å². The SMILES string of the molecule is C=CC(C)Oc1c(C)cccc1CNC(C)(C)C. The number of para-hydroxylation sites is 1. The highest BCUT2D eigenvalue weighted by atomic mass is 16.5. The first kappa shape index (κ1) is 14.8. The molecule has 100 valence electrons. The molecule has 2 heteroatoms. The molecule has 0 saturated carbocycles. The second-order valence-electron chi connectivity index (χ2n) is 5.73. The zero-order chi connectivity index (χ0) is 13.8. The Morgan fingerprint density at radius 2 is 2.06 bits per heavy atom. The third kappa shape index (κ3) is 4.53. The molecule has 0 radical (unpaired) electrons. The van der Waals surface area contributed by atoms with Crippen LogP contribution in [-0.4, -0.2) is 11.6 Å². The van der Waals surface area contributed by atoms with Crippen LogP contribution >= 0.6 is 0 Å². The van der Waals surface area contributed by atoms with E-state index in [1.54, 1.807) is 0 Å². The van der Waals surface area contributed by atoms with Crippen LogP contribution in [0, 0.1) is 6.92 Å². The van der Waals surface area contributed by atoms with E-state index in [4.69, 9.17) is 4.74 Å². The average Bonchev–Trinajstić information content (AvgIpc) is 2.28. The molecule has 0 aliphatic heterocycles. The molecular formula is C16H25NO. The van der Waals surface area contributed by atoms with Crippen molar-refractivity contribution in [1.82, 2.24) is 5.32 Å². The molecule has 1 N–H and O–H groups in total. The lowest BCUT2D eigenvalue weighted by Gasteiger charge is -2.23. The van der Waals surface area contributed by atoms with Crippen molar-refractivity contribution in [3.63, 3.8) is 0 Å². The van der Waals surface area contributed by atoms with Crippen molar-refractivity contribution in [2.24, 2.45) is 0 Å². The van der Waals surface area contributed by atoms with Gasteiger partial charge in [-0.1, -0.05) is 30.9 Å². The van der Waals surface area contributed by atoms with Crippen molar-refractivity contribution in [3.8, 4) is 5.75 Å². The molecule has 1 aromatic rings. The summed E-state index contributed by atoms with van der Waals surface area (Å²) < 4.78 is 5.93. The van der Waals surface area contributed by atoms with Crippen LogP contribution in [0.25, 0.3) is 0 Å². The molecule has 1 unspecified atom stereocenters. The van der Waals surface area contributed by atoms with E-state index in [1.807, 2.05) is 13.0 Å². The maximum absolute atomic E-state index is 5.93. The highest BCUT2D eigenvalue weighted by Gasteiger charge is 2.13. The maximum atomic E-state index is 5.93. The number of hydrogen-bond acceptors (Lipinski definition) is 2. The van der Waals surface area contributed by atoms with E-state index in [2.05, 4.69) is 57.8 Å². The number of aryl methyl sites for hydroxylation is 1. The van der Waals surface area contributed by atoms with Crippen LogP contribution in [0.2, 0.25) is 0 Å². The zero-order valence-corrected chi connectivity index (χ0v) is 12.2. The van der Waals surface area contributed by atoms with Crippen LogP contribution in [0.1, 0.15) is 38.8 Å². The first-order valence-corrected chi connectivity index (χ1v) is 6.46. The van der Waals surface area contributed by atoms with Gasteiger partial charge in [0.1, 0.15) is 11.9 Å². The summed E-state index contributed by atoms with van der Waals surface area (Å²) in [5, 5.41) is 3.49. The predicted octanol–water partition coefficient (Wildman–Crippen LogP) is 3.84. The predicted molar refractivity (Wildman–Crippen MR) is 78.1 cm³/mol. The molecular weight excluding hydrogens is 222 g/mol. The molecule has 1 atom stereocenters. The number of nitrogens with one attached hydrogen (secondary N) is 1. The Labute approximate surface area is 111 Å².